The lowest BCUT2D eigenvalue weighted by Gasteiger charge is -2.27. The molecule has 4 aromatic rings. The Labute approximate surface area is 342 Å². The number of nitrogens with zero attached hydrogens (tertiary/aromatic N) is 2. The molecule has 2 aliphatic heterocycles. The maximum atomic E-state index is 13.3. The summed E-state index contributed by atoms with van der Waals surface area (Å²) in [6.45, 7) is 4.12. The zero-order valence-electron chi connectivity index (χ0n) is 32.6. The van der Waals surface area contributed by atoms with Crippen molar-refractivity contribution in [2.24, 2.45) is 0 Å². The normalized spacial score (nSPS) is 15.6. The van der Waals surface area contributed by atoms with Gasteiger partial charge in [0.1, 0.15) is 24.1 Å². The van der Waals surface area contributed by atoms with E-state index in [4.69, 9.17) is 14.2 Å². The van der Waals surface area contributed by atoms with Gasteiger partial charge in [-0.2, -0.15) is 0 Å². The van der Waals surface area contributed by atoms with Crippen LogP contribution in [0.4, 0.5) is 0 Å². The molecule has 2 aliphatic rings. The van der Waals surface area contributed by atoms with E-state index in [1.54, 1.807) is 42.3 Å². The molecule has 302 valence electrons. The molecule has 2 N–H and O–H groups in total. The third kappa shape index (κ3) is 10.2. The molecule has 0 radical (unpaired) electrons. The van der Waals surface area contributed by atoms with Gasteiger partial charge in [-0.05, 0) is 77.1 Å². The van der Waals surface area contributed by atoms with Gasteiger partial charge in [0, 0.05) is 24.1 Å². The van der Waals surface area contributed by atoms with Gasteiger partial charge in [-0.3, -0.25) is 34.2 Å². The molecule has 58 heavy (non-hydrogen) atoms. The maximum absolute atomic E-state index is 13.3. The number of rotatable bonds is 19. The molecular formula is C45H47N3O9S. The lowest BCUT2D eigenvalue weighted by Crippen LogP contribution is -2.54. The number of aromatic hydroxyl groups is 1. The van der Waals surface area contributed by atoms with Crippen molar-refractivity contribution < 1.29 is 43.3 Å². The highest BCUT2D eigenvalue weighted by Crippen LogP contribution is 2.36. The number of fused-ring (bicyclic) bond motifs is 1. The smallest absolute Gasteiger partial charge is 0.263 e. The molecule has 1 unspecified atom stereocenters. The number of phenols is 1. The van der Waals surface area contributed by atoms with E-state index in [0.717, 1.165) is 33.6 Å². The fourth-order valence-electron chi connectivity index (χ4n) is 6.94. The van der Waals surface area contributed by atoms with Gasteiger partial charge in [0.2, 0.25) is 17.7 Å². The van der Waals surface area contributed by atoms with E-state index in [9.17, 15) is 29.1 Å². The summed E-state index contributed by atoms with van der Waals surface area (Å²) in [7, 11) is 1.73. The van der Waals surface area contributed by atoms with Crippen LogP contribution in [0.3, 0.4) is 0 Å². The van der Waals surface area contributed by atoms with Gasteiger partial charge < -0.3 is 24.2 Å². The van der Waals surface area contributed by atoms with Crippen LogP contribution >= 0.6 is 11.8 Å². The Hall–Kier alpha value is -5.76. The number of likely N-dealkylation sites (N-methyl/N-ethyl adjacent to an activating group) is 1. The summed E-state index contributed by atoms with van der Waals surface area (Å²) < 4.78 is 17.3. The minimum absolute atomic E-state index is 0.0625. The molecule has 4 aromatic carbocycles. The van der Waals surface area contributed by atoms with Gasteiger partial charge in [-0.1, -0.05) is 67.6 Å². The molecule has 6 rings (SSSR count). The number of benzene rings is 4. The average molecular weight is 806 g/mol. The molecule has 5 amide bonds. The highest BCUT2D eigenvalue weighted by molar-refractivity contribution is 7.99. The van der Waals surface area contributed by atoms with Crippen LogP contribution in [0, 0.1) is 0 Å². The standard InChI is InChI=1S/C45H47N3O9S/c1-3-35(30-8-5-4-6-9-30)41(31-12-16-33(49)17-13-31)32-14-18-34(19-15-32)57-25-23-47(2)40(51)22-24-55-26-27-56-28-29-58-38-11-7-10-36-42(38)45(54)48(44(36)53)37-20-21-39(50)46-43(37)52/h4-19,37,49H,3,20-29H2,1-2H3,(H,46,50,52)/b41-35-. The molecule has 1 atom stereocenters. The van der Waals surface area contributed by atoms with E-state index in [1.807, 2.05) is 54.6 Å². The Kier molecular flexibility index (Phi) is 14.5. The van der Waals surface area contributed by atoms with E-state index in [0.29, 0.717) is 49.4 Å². The summed E-state index contributed by atoms with van der Waals surface area (Å²) in [5.74, 6) is -0.773. The third-order valence-electron chi connectivity index (χ3n) is 9.95. The van der Waals surface area contributed by atoms with E-state index in [2.05, 4.69) is 24.4 Å². The lowest BCUT2D eigenvalue weighted by atomic mass is 9.88. The van der Waals surface area contributed by atoms with Crippen molar-refractivity contribution in [3.8, 4) is 11.5 Å². The van der Waals surface area contributed by atoms with Gasteiger partial charge in [-0.25, -0.2) is 0 Å². The zero-order chi connectivity index (χ0) is 41.0. The predicted molar refractivity (Wildman–Crippen MR) is 220 cm³/mol. The van der Waals surface area contributed by atoms with Crippen molar-refractivity contribution in [3.63, 3.8) is 0 Å². The molecule has 0 spiro atoms. The van der Waals surface area contributed by atoms with E-state index < -0.39 is 29.7 Å². The van der Waals surface area contributed by atoms with Crippen LogP contribution in [-0.4, -0.2) is 103 Å². The van der Waals surface area contributed by atoms with Crippen molar-refractivity contribution in [1.29, 1.82) is 0 Å². The minimum atomic E-state index is -1.01. The number of imide groups is 2. The molecule has 0 bridgehead atoms. The van der Waals surface area contributed by atoms with Crippen molar-refractivity contribution in [1.82, 2.24) is 15.1 Å². The number of allylic oxidation sites excluding steroid dienone is 1. The zero-order valence-corrected chi connectivity index (χ0v) is 33.4. The molecule has 13 heteroatoms. The first kappa shape index (κ1) is 41.9. The number of carbonyl (C=O) groups is 5. The summed E-state index contributed by atoms with van der Waals surface area (Å²) in [4.78, 5) is 66.1. The van der Waals surface area contributed by atoms with Crippen LogP contribution in [0.15, 0.2) is 102 Å². The number of nitrogens with one attached hydrogen (secondary N) is 1. The maximum Gasteiger partial charge on any atom is 0.263 e. The third-order valence-corrected chi connectivity index (χ3v) is 11.0. The van der Waals surface area contributed by atoms with E-state index in [1.165, 1.54) is 17.3 Å². The molecular weight excluding hydrogens is 759 g/mol. The van der Waals surface area contributed by atoms with Gasteiger partial charge in [-0.15, -0.1) is 11.8 Å². The van der Waals surface area contributed by atoms with Crippen molar-refractivity contribution in [2.75, 3.05) is 52.4 Å². The largest absolute Gasteiger partial charge is 0.508 e. The Balaban J connectivity index is 0.879. The number of piperidine rings is 1. The van der Waals surface area contributed by atoms with E-state index >= 15 is 0 Å². The summed E-state index contributed by atoms with van der Waals surface area (Å²) in [5.41, 5.74) is 5.97. The molecule has 12 nitrogen and oxygen atoms in total. The minimum Gasteiger partial charge on any atom is -0.508 e. The van der Waals surface area contributed by atoms with Gasteiger partial charge in [0.15, 0.2) is 0 Å². The Morgan fingerprint density at radius 3 is 2.19 bits per heavy atom. The highest BCUT2D eigenvalue weighted by Gasteiger charge is 2.45. The van der Waals surface area contributed by atoms with Crippen LogP contribution in [0.5, 0.6) is 11.5 Å². The van der Waals surface area contributed by atoms with Crippen molar-refractivity contribution in [3.05, 3.63) is 125 Å². The van der Waals surface area contributed by atoms with Gasteiger partial charge in [0.05, 0.1) is 50.5 Å². The first-order valence-corrected chi connectivity index (χ1v) is 20.3. The fourth-order valence-corrected chi connectivity index (χ4v) is 7.88. The number of ether oxygens (including phenoxy) is 3. The average Bonchev–Trinajstić information content (AvgIpc) is 3.49. The number of thioether (sulfide) groups is 1. The van der Waals surface area contributed by atoms with Gasteiger partial charge >= 0.3 is 0 Å². The van der Waals surface area contributed by atoms with Crippen LogP contribution in [0.2, 0.25) is 0 Å². The van der Waals surface area contributed by atoms with Crippen LogP contribution in [-0.2, 0) is 23.9 Å². The lowest BCUT2D eigenvalue weighted by molar-refractivity contribution is -0.136. The Bertz CT molecular complexity index is 2140. The second-order valence-electron chi connectivity index (χ2n) is 13.8. The van der Waals surface area contributed by atoms with Crippen LogP contribution in [0.1, 0.15) is 70.0 Å². The Morgan fingerprint density at radius 1 is 0.810 bits per heavy atom. The quantitative estimate of drug-likeness (QED) is 0.0484. The monoisotopic (exact) mass is 805 g/mol. The van der Waals surface area contributed by atoms with Crippen molar-refractivity contribution in [2.45, 2.75) is 43.5 Å². The summed E-state index contributed by atoms with van der Waals surface area (Å²) >= 11 is 1.37. The number of phenolic OH excluding ortho intramolecular Hbond substituents is 1. The molecule has 0 saturated carbocycles. The summed E-state index contributed by atoms with van der Waals surface area (Å²) in [6, 6.07) is 29.5. The first-order chi connectivity index (χ1) is 28.2. The summed E-state index contributed by atoms with van der Waals surface area (Å²) in [5, 5.41) is 12.1. The highest BCUT2D eigenvalue weighted by atomic mass is 32.2. The second-order valence-corrected chi connectivity index (χ2v) is 14.9. The van der Waals surface area contributed by atoms with Gasteiger partial charge in [0.25, 0.3) is 11.8 Å². The Morgan fingerprint density at radius 2 is 1.50 bits per heavy atom. The second kappa shape index (κ2) is 20.1. The fraction of sp³-hybridized carbons (Fsp3) is 0.311. The molecule has 1 saturated heterocycles. The molecule has 1 fully saturated rings. The first-order valence-electron chi connectivity index (χ1n) is 19.3. The number of amides is 5. The molecule has 0 aliphatic carbocycles. The van der Waals surface area contributed by atoms with Crippen molar-refractivity contribution >= 4 is 52.4 Å². The predicted octanol–water partition coefficient (Wildman–Crippen LogP) is 6.22. The number of hydrogen-bond donors (Lipinski definition) is 2. The molecule has 0 aromatic heterocycles. The molecule has 2 heterocycles. The SMILES string of the molecule is CC/C(=C(\c1ccc(O)cc1)c1ccc(OCCN(C)C(=O)CCOCCOCCSc2cccc3c2C(=O)N(C2CCC(=O)NC2=O)C3=O)cc1)c1ccccc1. The van der Waals surface area contributed by atoms with Crippen LogP contribution in [0.25, 0.3) is 11.1 Å². The van der Waals surface area contributed by atoms with Crippen LogP contribution < -0.4 is 10.1 Å². The number of carbonyl (C=O) groups excluding carboxylic acids is 5. The topological polar surface area (TPSA) is 152 Å². The van der Waals surface area contributed by atoms with E-state index in [-0.39, 0.29) is 48.7 Å². The number of hydrogen-bond acceptors (Lipinski definition) is 10. The summed E-state index contributed by atoms with van der Waals surface area (Å²) in [6.07, 6.45) is 1.21.